The second-order valence-corrected chi connectivity index (χ2v) is 5.79. The molecule has 1 aliphatic carbocycles. The number of benzene rings is 1. The summed E-state index contributed by atoms with van der Waals surface area (Å²) in [6.45, 7) is 3.92. The van der Waals surface area contributed by atoms with Crippen LogP contribution in [0.15, 0.2) is 24.3 Å². The van der Waals surface area contributed by atoms with Crippen LogP contribution in [0.4, 0.5) is 0 Å². The van der Waals surface area contributed by atoms with E-state index < -0.39 is 11.5 Å². The monoisotopic (exact) mass is 262 g/mol. The molecule has 1 N–H and O–H groups in total. The van der Waals surface area contributed by atoms with Crippen LogP contribution in [0.5, 0.6) is 0 Å². The van der Waals surface area contributed by atoms with Crippen molar-refractivity contribution in [3.63, 3.8) is 0 Å². The van der Waals surface area contributed by atoms with E-state index in [1.54, 1.807) is 0 Å². The van der Waals surface area contributed by atoms with E-state index in [9.17, 15) is 9.90 Å². The summed E-state index contributed by atoms with van der Waals surface area (Å²) in [7, 11) is 1.39. The highest BCUT2D eigenvalue weighted by atomic mass is 16.5. The minimum absolute atomic E-state index is 0.0581. The SMILES string of the molecule is COC(=O)C(C(C)C)C1(O)CCc2ccccc2C1. The first-order valence-corrected chi connectivity index (χ1v) is 6.85. The molecule has 3 heteroatoms. The average molecular weight is 262 g/mol. The van der Waals surface area contributed by atoms with Gasteiger partial charge in [0.25, 0.3) is 0 Å². The summed E-state index contributed by atoms with van der Waals surface area (Å²) in [6, 6.07) is 8.13. The van der Waals surface area contributed by atoms with Crippen molar-refractivity contribution >= 4 is 5.97 Å². The zero-order valence-corrected chi connectivity index (χ0v) is 11.8. The molecule has 0 radical (unpaired) electrons. The van der Waals surface area contributed by atoms with Crippen LogP contribution in [-0.4, -0.2) is 23.8 Å². The summed E-state index contributed by atoms with van der Waals surface area (Å²) in [6.07, 6.45) is 1.95. The van der Waals surface area contributed by atoms with Crippen LogP contribution < -0.4 is 0 Å². The van der Waals surface area contributed by atoms with E-state index in [2.05, 4.69) is 6.07 Å². The number of carbonyl (C=O) groups is 1. The average Bonchev–Trinajstić information content (AvgIpc) is 2.37. The van der Waals surface area contributed by atoms with Gasteiger partial charge in [-0.15, -0.1) is 0 Å². The summed E-state index contributed by atoms with van der Waals surface area (Å²) in [5.41, 5.74) is 1.43. The third-order valence-electron chi connectivity index (χ3n) is 4.14. The Balaban J connectivity index is 2.31. The van der Waals surface area contributed by atoms with Crippen LogP contribution in [0.2, 0.25) is 0 Å². The molecule has 104 valence electrons. The molecular formula is C16H22O3. The Labute approximate surface area is 114 Å². The maximum atomic E-state index is 12.0. The Morgan fingerprint density at radius 1 is 1.32 bits per heavy atom. The molecule has 1 aromatic rings. The maximum Gasteiger partial charge on any atom is 0.311 e. The molecule has 2 rings (SSSR count). The van der Waals surface area contributed by atoms with Gasteiger partial charge < -0.3 is 9.84 Å². The lowest BCUT2D eigenvalue weighted by Gasteiger charge is -2.40. The molecule has 0 saturated heterocycles. The number of carbonyl (C=O) groups excluding carboxylic acids is 1. The Hall–Kier alpha value is -1.35. The highest BCUT2D eigenvalue weighted by Gasteiger charge is 2.45. The lowest BCUT2D eigenvalue weighted by atomic mass is 9.69. The van der Waals surface area contributed by atoms with Gasteiger partial charge in [0.1, 0.15) is 0 Å². The fourth-order valence-corrected chi connectivity index (χ4v) is 3.25. The van der Waals surface area contributed by atoms with E-state index >= 15 is 0 Å². The van der Waals surface area contributed by atoms with Crippen LogP contribution in [0.25, 0.3) is 0 Å². The Morgan fingerprint density at radius 2 is 1.95 bits per heavy atom. The predicted molar refractivity (Wildman–Crippen MR) is 73.8 cm³/mol. The summed E-state index contributed by atoms with van der Waals surface area (Å²) in [5, 5.41) is 10.9. The van der Waals surface area contributed by atoms with Crippen LogP contribution in [0, 0.1) is 11.8 Å². The van der Waals surface area contributed by atoms with Crippen molar-refractivity contribution in [3.8, 4) is 0 Å². The molecular weight excluding hydrogens is 240 g/mol. The fourth-order valence-electron chi connectivity index (χ4n) is 3.25. The first-order valence-electron chi connectivity index (χ1n) is 6.85. The number of esters is 1. The topological polar surface area (TPSA) is 46.5 Å². The third kappa shape index (κ3) is 2.66. The number of hydrogen-bond acceptors (Lipinski definition) is 3. The number of ether oxygens (including phenoxy) is 1. The van der Waals surface area contributed by atoms with Crippen molar-refractivity contribution in [1.82, 2.24) is 0 Å². The number of fused-ring (bicyclic) bond motifs is 1. The Kier molecular flexibility index (Phi) is 3.95. The first kappa shape index (κ1) is 14.1. The van der Waals surface area contributed by atoms with Gasteiger partial charge in [0.15, 0.2) is 0 Å². The van der Waals surface area contributed by atoms with Crippen molar-refractivity contribution in [1.29, 1.82) is 0 Å². The number of rotatable bonds is 3. The normalized spacial score (nSPS) is 23.8. The van der Waals surface area contributed by atoms with Gasteiger partial charge in [-0.25, -0.2) is 0 Å². The summed E-state index contributed by atoms with van der Waals surface area (Å²) in [4.78, 5) is 12.0. The third-order valence-corrected chi connectivity index (χ3v) is 4.14. The molecule has 1 aromatic carbocycles. The van der Waals surface area contributed by atoms with Crippen molar-refractivity contribution in [2.75, 3.05) is 7.11 Å². The van der Waals surface area contributed by atoms with Gasteiger partial charge in [0.2, 0.25) is 0 Å². The molecule has 2 unspecified atom stereocenters. The van der Waals surface area contributed by atoms with Gasteiger partial charge in [0.05, 0.1) is 18.6 Å². The standard InChI is InChI=1S/C16H22O3/c1-11(2)14(15(17)19-3)16(18)9-8-12-6-4-5-7-13(12)10-16/h4-7,11,14,18H,8-10H2,1-3H3. The highest BCUT2D eigenvalue weighted by Crippen LogP contribution is 2.37. The molecule has 1 aliphatic rings. The van der Waals surface area contributed by atoms with Gasteiger partial charge in [-0.05, 0) is 29.9 Å². The predicted octanol–water partition coefficient (Wildman–Crippen LogP) is 2.35. The quantitative estimate of drug-likeness (QED) is 0.851. The molecule has 3 nitrogen and oxygen atoms in total. The summed E-state index contributed by atoms with van der Waals surface area (Å²) >= 11 is 0. The maximum absolute atomic E-state index is 12.0. The lowest BCUT2D eigenvalue weighted by Crippen LogP contribution is -2.49. The number of hydrogen-bond donors (Lipinski definition) is 1. The largest absolute Gasteiger partial charge is 0.469 e. The van der Waals surface area contributed by atoms with E-state index in [0.29, 0.717) is 12.8 Å². The van der Waals surface area contributed by atoms with E-state index in [1.165, 1.54) is 12.7 Å². The van der Waals surface area contributed by atoms with E-state index in [-0.39, 0.29) is 11.9 Å². The molecule has 0 amide bonds. The molecule has 2 atom stereocenters. The van der Waals surface area contributed by atoms with Gasteiger partial charge >= 0.3 is 5.97 Å². The van der Waals surface area contributed by atoms with E-state index in [0.717, 1.165) is 12.0 Å². The number of aryl methyl sites for hydroxylation is 1. The molecule has 0 fully saturated rings. The van der Waals surface area contributed by atoms with Gasteiger partial charge in [-0.1, -0.05) is 38.1 Å². The van der Waals surface area contributed by atoms with Crippen LogP contribution in [0.3, 0.4) is 0 Å². The van der Waals surface area contributed by atoms with E-state index in [4.69, 9.17) is 4.74 Å². The van der Waals surface area contributed by atoms with Crippen molar-refractivity contribution in [2.45, 2.75) is 38.7 Å². The summed E-state index contributed by atoms with van der Waals surface area (Å²) < 4.78 is 4.88. The van der Waals surface area contributed by atoms with Gasteiger partial charge in [-0.3, -0.25) is 4.79 Å². The van der Waals surface area contributed by atoms with Crippen molar-refractivity contribution < 1.29 is 14.6 Å². The Bertz CT molecular complexity index is 467. The number of aliphatic hydroxyl groups is 1. The molecule has 0 spiro atoms. The minimum atomic E-state index is -0.990. The van der Waals surface area contributed by atoms with Crippen LogP contribution in [0.1, 0.15) is 31.4 Å². The molecule has 0 heterocycles. The first-order chi connectivity index (χ1) is 8.98. The van der Waals surface area contributed by atoms with Gasteiger partial charge in [-0.2, -0.15) is 0 Å². The van der Waals surface area contributed by atoms with Crippen molar-refractivity contribution in [2.24, 2.45) is 11.8 Å². The van der Waals surface area contributed by atoms with Gasteiger partial charge in [0, 0.05) is 6.42 Å². The van der Waals surface area contributed by atoms with Crippen LogP contribution >= 0.6 is 0 Å². The summed E-state index contributed by atoms with van der Waals surface area (Å²) in [5.74, 6) is -0.717. The lowest BCUT2D eigenvalue weighted by molar-refractivity contribution is -0.160. The fraction of sp³-hybridized carbons (Fsp3) is 0.562. The zero-order valence-electron chi connectivity index (χ0n) is 11.8. The minimum Gasteiger partial charge on any atom is -0.469 e. The second-order valence-electron chi connectivity index (χ2n) is 5.79. The molecule has 0 aliphatic heterocycles. The van der Waals surface area contributed by atoms with E-state index in [1.807, 2.05) is 32.0 Å². The zero-order chi connectivity index (χ0) is 14.0. The smallest absolute Gasteiger partial charge is 0.311 e. The van der Waals surface area contributed by atoms with Crippen molar-refractivity contribution in [3.05, 3.63) is 35.4 Å². The molecule has 0 saturated carbocycles. The molecule has 0 aromatic heterocycles. The number of methoxy groups -OCH3 is 1. The highest BCUT2D eigenvalue weighted by molar-refractivity contribution is 5.74. The molecule has 19 heavy (non-hydrogen) atoms. The Morgan fingerprint density at radius 3 is 2.53 bits per heavy atom. The second kappa shape index (κ2) is 5.33. The molecule has 0 bridgehead atoms. The van der Waals surface area contributed by atoms with Crippen LogP contribution in [-0.2, 0) is 22.4 Å².